The summed E-state index contributed by atoms with van der Waals surface area (Å²) in [5.41, 5.74) is 0. The van der Waals surface area contributed by atoms with Gasteiger partial charge in [-0.05, 0) is 6.42 Å². The Morgan fingerprint density at radius 2 is 1.55 bits per heavy atom. The molecule has 0 aromatic heterocycles. The van der Waals surface area contributed by atoms with E-state index in [2.05, 4.69) is 11.7 Å². The normalized spacial score (nSPS) is 14.6. The highest BCUT2D eigenvalue weighted by atomic mass is 31.2. The second-order valence-corrected chi connectivity index (χ2v) is 10.2. The average molecular weight is 469 g/mol. The number of phosphoric acid groups is 1. The third kappa shape index (κ3) is 20.7. The van der Waals surface area contributed by atoms with E-state index < -0.39 is 26.5 Å². The van der Waals surface area contributed by atoms with Crippen molar-refractivity contribution in [1.82, 2.24) is 0 Å². The fourth-order valence-electron chi connectivity index (χ4n) is 2.73. The molecule has 0 aliphatic heterocycles. The molecule has 0 aromatic carbocycles. The summed E-state index contributed by atoms with van der Waals surface area (Å²) in [4.78, 5) is 32.3. The van der Waals surface area contributed by atoms with Gasteiger partial charge in [-0.15, -0.1) is 0 Å². The predicted octanol–water partition coefficient (Wildman–Crippen LogP) is 3.83. The Morgan fingerprint density at radius 1 is 0.968 bits per heavy atom. The molecule has 31 heavy (non-hydrogen) atoms. The minimum atomic E-state index is -4.30. The lowest BCUT2D eigenvalue weighted by atomic mass is 10.1. The van der Waals surface area contributed by atoms with Gasteiger partial charge in [-0.3, -0.25) is 18.6 Å². The molecule has 0 bridgehead atoms. The van der Waals surface area contributed by atoms with Gasteiger partial charge in [0.1, 0.15) is 19.8 Å². The Bertz CT molecular complexity index is 524. The van der Waals surface area contributed by atoms with Gasteiger partial charge in [-0.25, -0.2) is 4.57 Å². The van der Waals surface area contributed by atoms with Gasteiger partial charge < -0.3 is 18.9 Å². The van der Waals surface area contributed by atoms with E-state index in [0.717, 1.165) is 12.8 Å². The van der Waals surface area contributed by atoms with Gasteiger partial charge in [-0.1, -0.05) is 58.3 Å². The van der Waals surface area contributed by atoms with E-state index in [1.807, 2.05) is 21.1 Å². The van der Waals surface area contributed by atoms with Crippen LogP contribution in [-0.4, -0.2) is 75.4 Å². The summed E-state index contributed by atoms with van der Waals surface area (Å²) < 4.78 is 32.2. The van der Waals surface area contributed by atoms with Gasteiger partial charge in [0.25, 0.3) is 6.47 Å². The molecule has 0 fully saturated rings. The summed E-state index contributed by atoms with van der Waals surface area (Å²) in [7, 11) is 1.47. The number of phosphoric ester groups is 1. The number of carbonyl (C=O) groups is 2. The molecule has 0 aliphatic carbocycles. The first-order valence-electron chi connectivity index (χ1n) is 11.3. The Labute approximate surface area is 187 Å². The van der Waals surface area contributed by atoms with Gasteiger partial charge in [0.15, 0.2) is 6.10 Å². The van der Waals surface area contributed by atoms with Gasteiger partial charge >= 0.3 is 13.8 Å². The van der Waals surface area contributed by atoms with Crippen LogP contribution in [0.3, 0.4) is 0 Å². The molecule has 0 saturated heterocycles. The number of hydrogen-bond acceptors (Lipinski definition) is 7. The topological polar surface area (TPSA) is 108 Å². The number of nitrogens with zero attached hydrogens (tertiary/aromatic N) is 1. The molecule has 0 amide bonds. The number of hydrogen-bond donors (Lipinski definition) is 1. The second-order valence-electron chi connectivity index (χ2n) is 8.73. The largest absolute Gasteiger partial charge is 0.472 e. The summed E-state index contributed by atoms with van der Waals surface area (Å²) in [6, 6.07) is 0. The fourth-order valence-corrected chi connectivity index (χ4v) is 3.47. The molecule has 0 aromatic rings. The zero-order chi connectivity index (χ0) is 23.6. The zero-order valence-electron chi connectivity index (χ0n) is 19.8. The van der Waals surface area contributed by atoms with Gasteiger partial charge in [-0.2, -0.15) is 0 Å². The molecule has 0 spiro atoms. The molecule has 0 saturated carbocycles. The number of unbranched alkanes of at least 4 members (excludes halogenated alkanes) is 8. The van der Waals surface area contributed by atoms with E-state index in [1.54, 1.807) is 0 Å². The van der Waals surface area contributed by atoms with Gasteiger partial charge in [0.05, 0.1) is 27.7 Å². The monoisotopic (exact) mass is 468 g/mol. The van der Waals surface area contributed by atoms with E-state index in [9.17, 15) is 19.0 Å². The Balaban J connectivity index is 4.15. The second kappa shape index (κ2) is 17.6. The molecule has 0 aliphatic rings. The highest BCUT2D eigenvalue weighted by Crippen LogP contribution is 2.43. The summed E-state index contributed by atoms with van der Waals surface area (Å²) in [5, 5.41) is 0. The molecule has 1 unspecified atom stereocenters. The SMILES string of the molecule is CCCCCCCCCCCC(=O)O[C@H](COC=O)COP(=O)(O)OCC[N+](C)(C)C. The predicted molar refractivity (Wildman–Crippen MR) is 118 cm³/mol. The van der Waals surface area contributed by atoms with E-state index in [1.165, 1.54) is 38.5 Å². The molecule has 0 radical (unpaired) electrons. The Kier molecular flexibility index (Phi) is 17.0. The molecule has 10 heteroatoms. The van der Waals surface area contributed by atoms with E-state index in [4.69, 9.17) is 13.8 Å². The smallest absolute Gasteiger partial charge is 0.464 e. The van der Waals surface area contributed by atoms with Crippen LogP contribution < -0.4 is 0 Å². The maximum atomic E-state index is 12.0. The number of rotatable bonds is 21. The van der Waals surface area contributed by atoms with Crippen LogP contribution in [0.2, 0.25) is 0 Å². The summed E-state index contributed by atoms with van der Waals surface area (Å²) in [6.45, 7) is 2.30. The van der Waals surface area contributed by atoms with Crippen LogP contribution in [0.4, 0.5) is 0 Å². The van der Waals surface area contributed by atoms with Crippen molar-refractivity contribution in [3.05, 3.63) is 0 Å². The Hall–Kier alpha value is -0.990. The molecule has 0 heterocycles. The van der Waals surface area contributed by atoms with Gasteiger partial charge in [0, 0.05) is 6.42 Å². The van der Waals surface area contributed by atoms with E-state index in [0.29, 0.717) is 17.4 Å². The highest BCUT2D eigenvalue weighted by Gasteiger charge is 2.26. The molecule has 1 N–H and O–H groups in total. The van der Waals surface area contributed by atoms with Crippen molar-refractivity contribution in [3.63, 3.8) is 0 Å². The number of likely N-dealkylation sites (N-methyl/N-ethyl adjacent to an activating group) is 1. The lowest BCUT2D eigenvalue weighted by Crippen LogP contribution is -2.37. The minimum Gasteiger partial charge on any atom is -0.464 e. The molecule has 184 valence electrons. The average Bonchev–Trinajstić information content (AvgIpc) is 2.67. The molecule has 9 nitrogen and oxygen atoms in total. The van der Waals surface area contributed by atoms with Crippen molar-refractivity contribution < 1.29 is 42.1 Å². The number of ether oxygens (including phenoxy) is 2. The minimum absolute atomic E-state index is 0.0329. The van der Waals surface area contributed by atoms with Crippen LogP contribution in [0.25, 0.3) is 0 Å². The molecule has 2 atom stereocenters. The summed E-state index contributed by atoms with van der Waals surface area (Å²) in [5.74, 6) is -0.454. The lowest BCUT2D eigenvalue weighted by Gasteiger charge is -2.24. The zero-order valence-corrected chi connectivity index (χ0v) is 20.6. The van der Waals surface area contributed by atoms with Crippen LogP contribution >= 0.6 is 7.82 Å². The summed E-state index contributed by atoms with van der Waals surface area (Å²) in [6.07, 6.45) is 9.49. The third-order valence-corrected chi connectivity index (χ3v) is 5.56. The third-order valence-electron chi connectivity index (χ3n) is 4.57. The molecule has 0 rings (SSSR count). The van der Waals surface area contributed by atoms with Crippen LogP contribution in [-0.2, 0) is 32.7 Å². The lowest BCUT2D eigenvalue weighted by molar-refractivity contribution is -0.870. The standard InChI is InChI=1S/C21H42NO8P/c1-5-6-7-8-9-10-11-12-13-14-21(24)30-20(17-27-19-23)18-29-31(25,26)28-16-15-22(2,3)4/h19-20H,5-18H2,1-4H3/p+1/t20-/m1/s1. The Morgan fingerprint density at radius 3 is 2.10 bits per heavy atom. The summed E-state index contributed by atoms with van der Waals surface area (Å²) >= 11 is 0. The number of quaternary nitrogens is 1. The quantitative estimate of drug-likeness (QED) is 0.0890. The van der Waals surface area contributed by atoms with Crippen molar-refractivity contribution in [2.45, 2.75) is 77.2 Å². The van der Waals surface area contributed by atoms with Crippen LogP contribution in [0.5, 0.6) is 0 Å². The van der Waals surface area contributed by atoms with Crippen molar-refractivity contribution in [3.8, 4) is 0 Å². The van der Waals surface area contributed by atoms with Crippen molar-refractivity contribution in [2.24, 2.45) is 0 Å². The van der Waals surface area contributed by atoms with Crippen molar-refractivity contribution in [1.29, 1.82) is 0 Å². The van der Waals surface area contributed by atoms with Crippen LogP contribution in [0.15, 0.2) is 0 Å². The fraction of sp³-hybridized carbons (Fsp3) is 0.905. The molecular weight excluding hydrogens is 425 g/mol. The first-order valence-corrected chi connectivity index (χ1v) is 12.8. The maximum Gasteiger partial charge on any atom is 0.472 e. The molecular formula is C21H43NO8P+. The number of esters is 1. The van der Waals surface area contributed by atoms with Crippen molar-refractivity contribution >= 4 is 20.3 Å². The first kappa shape index (κ1) is 30.0. The maximum absolute atomic E-state index is 12.0. The van der Waals surface area contributed by atoms with Crippen LogP contribution in [0, 0.1) is 0 Å². The van der Waals surface area contributed by atoms with Crippen molar-refractivity contribution in [2.75, 3.05) is 47.5 Å². The highest BCUT2D eigenvalue weighted by molar-refractivity contribution is 7.47. The van der Waals surface area contributed by atoms with E-state index >= 15 is 0 Å². The van der Waals surface area contributed by atoms with E-state index in [-0.39, 0.29) is 26.1 Å². The van der Waals surface area contributed by atoms with Crippen LogP contribution in [0.1, 0.15) is 71.1 Å². The number of carbonyl (C=O) groups excluding carboxylic acids is 2. The van der Waals surface area contributed by atoms with Gasteiger partial charge in [0.2, 0.25) is 0 Å². The first-order chi connectivity index (χ1) is 14.6.